The van der Waals surface area contributed by atoms with Crippen molar-refractivity contribution in [2.75, 3.05) is 6.54 Å². The van der Waals surface area contributed by atoms with Crippen molar-refractivity contribution in [2.45, 2.75) is 39.0 Å². The van der Waals surface area contributed by atoms with Crippen molar-refractivity contribution >= 4 is 11.7 Å². The van der Waals surface area contributed by atoms with E-state index in [0.29, 0.717) is 12.1 Å². The van der Waals surface area contributed by atoms with Gasteiger partial charge in [-0.3, -0.25) is 9.59 Å². The smallest absolute Gasteiger partial charge is 0.292 e. The molecular formula is C17H21NO2. The van der Waals surface area contributed by atoms with Gasteiger partial charge in [-0.15, -0.1) is 0 Å². The molecule has 1 aliphatic rings. The van der Waals surface area contributed by atoms with Gasteiger partial charge in [-0.25, -0.2) is 0 Å². The number of carbonyl (C=O) groups excluding carboxylic acids is 2. The highest BCUT2D eigenvalue weighted by Gasteiger charge is 2.15. The predicted octanol–water partition coefficient (Wildman–Crippen LogP) is 3.18. The second-order valence-electron chi connectivity index (χ2n) is 5.31. The van der Waals surface area contributed by atoms with Crippen LogP contribution in [0.5, 0.6) is 0 Å². The summed E-state index contributed by atoms with van der Waals surface area (Å²) in [5.74, 6) is -0.965. The number of hydrogen-bond acceptors (Lipinski definition) is 2. The number of ketones is 1. The molecule has 0 aliphatic heterocycles. The van der Waals surface area contributed by atoms with E-state index in [9.17, 15) is 9.59 Å². The van der Waals surface area contributed by atoms with E-state index < -0.39 is 11.7 Å². The van der Waals surface area contributed by atoms with E-state index in [-0.39, 0.29) is 0 Å². The molecule has 1 aromatic carbocycles. The molecule has 0 aromatic heterocycles. The van der Waals surface area contributed by atoms with Gasteiger partial charge in [0, 0.05) is 12.1 Å². The summed E-state index contributed by atoms with van der Waals surface area (Å²) in [7, 11) is 0. The van der Waals surface area contributed by atoms with Crippen molar-refractivity contribution in [3.8, 4) is 0 Å². The Labute approximate surface area is 120 Å². The molecular weight excluding hydrogens is 250 g/mol. The van der Waals surface area contributed by atoms with Crippen molar-refractivity contribution in [3.05, 3.63) is 47.0 Å². The van der Waals surface area contributed by atoms with Gasteiger partial charge in [0.15, 0.2) is 0 Å². The number of nitrogens with one attached hydrogen (secondary N) is 1. The number of Topliss-reactive ketones (excluding diaryl/α,β-unsaturated/α-hetero) is 1. The molecule has 3 heteroatoms. The fraction of sp³-hybridized carbons (Fsp3) is 0.412. The first-order valence-electron chi connectivity index (χ1n) is 7.24. The third-order valence-electron chi connectivity index (χ3n) is 3.64. The highest BCUT2D eigenvalue weighted by molar-refractivity contribution is 6.42. The van der Waals surface area contributed by atoms with Gasteiger partial charge in [-0.1, -0.05) is 41.5 Å². The molecule has 0 unspecified atom stereocenters. The van der Waals surface area contributed by atoms with Gasteiger partial charge in [-0.2, -0.15) is 0 Å². The lowest BCUT2D eigenvalue weighted by molar-refractivity contribution is -0.116. The minimum Gasteiger partial charge on any atom is -0.349 e. The van der Waals surface area contributed by atoms with Gasteiger partial charge in [0.1, 0.15) is 0 Å². The third-order valence-corrected chi connectivity index (χ3v) is 3.64. The van der Waals surface area contributed by atoms with Crippen LogP contribution in [0.25, 0.3) is 0 Å². The molecule has 1 amide bonds. The van der Waals surface area contributed by atoms with Crippen LogP contribution >= 0.6 is 0 Å². The van der Waals surface area contributed by atoms with E-state index in [1.54, 1.807) is 12.1 Å². The molecule has 0 radical (unpaired) electrons. The second-order valence-corrected chi connectivity index (χ2v) is 5.31. The molecule has 20 heavy (non-hydrogen) atoms. The maximum absolute atomic E-state index is 11.9. The molecule has 0 saturated carbocycles. The van der Waals surface area contributed by atoms with E-state index in [1.165, 1.54) is 18.4 Å². The van der Waals surface area contributed by atoms with Crippen molar-refractivity contribution in [1.82, 2.24) is 5.32 Å². The predicted molar refractivity (Wildman–Crippen MR) is 79.7 cm³/mol. The Bertz CT molecular complexity index is 514. The maximum atomic E-state index is 11.9. The summed E-state index contributed by atoms with van der Waals surface area (Å²) in [5.41, 5.74) is 2.93. The monoisotopic (exact) mass is 271 g/mol. The Morgan fingerprint density at radius 1 is 1.15 bits per heavy atom. The zero-order valence-corrected chi connectivity index (χ0v) is 11.9. The van der Waals surface area contributed by atoms with Crippen LogP contribution in [0.4, 0.5) is 0 Å². The van der Waals surface area contributed by atoms with Crippen molar-refractivity contribution in [3.63, 3.8) is 0 Å². The molecule has 1 aliphatic carbocycles. The van der Waals surface area contributed by atoms with Crippen LogP contribution in [-0.4, -0.2) is 18.2 Å². The van der Waals surface area contributed by atoms with Crippen LogP contribution in [0.3, 0.4) is 0 Å². The molecule has 0 spiro atoms. The minimum atomic E-state index is -0.509. The molecule has 0 heterocycles. The van der Waals surface area contributed by atoms with Crippen molar-refractivity contribution < 1.29 is 9.59 Å². The highest BCUT2D eigenvalue weighted by atomic mass is 16.2. The summed E-state index contributed by atoms with van der Waals surface area (Å²) in [6, 6.07) is 7.07. The van der Waals surface area contributed by atoms with Crippen LogP contribution in [0.15, 0.2) is 35.9 Å². The summed E-state index contributed by atoms with van der Waals surface area (Å²) in [6.07, 6.45) is 7.89. The molecule has 0 fully saturated rings. The van der Waals surface area contributed by atoms with Gasteiger partial charge in [0.05, 0.1) is 0 Å². The number of rotatable bonds is 5. The Kier molecular flexibility index (Phi) is 5.10. The standard InChI is InChI=1S/C17H21NO2/c1-13-7-9-15(10-8-13)16(19)17(20)18-12-11-14-5-3-2-4-6-14/h5,7-10H,2-4,6,11-12H2,1H3,(H,18,20). The quantitative estimate of drug-likeness (QED) is 0.508. The molecule has 106 valence electrons. The Morgan fingerprint density at radius 2 is 1.90 bits per heavy atom. The molecule has 0 atom stereocenters. The molecule has 3 nitrogen and oxygen atoms in total. The average Bonchev–Trinajstić information content (AvgIpc) is 2.48. The van der Waals surface area contributed by atoms with Gasteiger partial charge in [-0.05, 0) is 39.0 Å². The Balaban J connectivity index is 1.80. The van der Waals surface area contributed by atoms with E-state index >= 15 is 0 Å². The number of hydrogen-bond donors (Lipinski definition) is 1. The summed E-state index contributed by atoms with van der Waals surface area (Å²) in [5, 5.41) is 2.71. The number of carbonyl (C=O) groups is 2. The number of amides is 1. The summed E-state index contributed by atoms with van der Waals surface area (Å²) in [4.78, 5) is 23.7. The van der Waals surface area contributed by atoms with Crippen LogP contribution in [0, 0.1) is 6.92 Å². The molecule has 1 N–H and O–H groups in total. The zero-order chi connectivity index (χ0) is 14.4. The molecule has 2 rings (SSSR count). The first-order chi connectivity index (χ1) is 9.66. The fourth-order valence-electron chi connectivity index (χ4n) is 2.38. The first kappa shape index (κ1) is 14.5. The van der Waals surface area contributed by atoms with E-state index in [0.717, 1.165) is 24.8 Å². The lowest BCUT2D eigenvalue weighted by atomic mass is 9.97. The van der Waals surface area contributed by atoms with Crippen LogP contribution in [-0.2, 0) is 4.79 Å². The van der Waals surface area contributed by atoms with Gasteiger partial charge in [0.25, 0.3) is 5.91 Å². The summed E-state index contributed by atoms with van der Waals surface area (Å²) < 4.78 is 0. The lowest BCUT2D eigenvalue weighted by Crippen LogP contribution is -2.32. The van der Waals surface area contributed by atoms with E-state index in [2.05, 4.69) is 11.4 Å². The number of aryl methyl sites for hydroxylation is 1. The van der Waals surface area contributed by atoms with E-state index in [1.807, 2.05) is 19.1 Å². The number of allylic oxidation sites excluding steroid dienone is 1. The van der Waals surface area contributed by atoms with Crippen LogP contribution < -0.4 is 5.32 Å². The van der Waals surface area contributed by atoms with Crippen LogP contribution in [0.2, 0.25) is 0 Å². The molecule has 1 aromatic rings. The number of benzene rings is 1. The lowest BCUT2D eigenvalue weighted by Gasteiger charge is -2.12. The normalized spacial score (nSPS) is 14.6. The van der Waals surface area contributed by atoms with Crippen LogP contribution in [0.1, 0.15) is 48.0 Å². The Hall–Kier alpha value is -1.90. The van der Waals surface area contributed by atoms with E-state index in [4.69, 9.17) is 0 Å². The van der Waals surface area contributed by atoms with Crippen molar-refractivity contribution in [1.29, 1.82) is 0 Å². The first-order valence-corrected chi connectivity index (χ1v) is 7.24. The van der Waals surface area contributed by atoms with Gasteiger partial charge < -0.3 is 5.32 Å². The highest BCUT2D eigenvalue weighted by Crippen LogP contribution is 2.19. The molecule has 0 bridgehead atoms. The summed E-state index contributed by atoms with van der Waals surface area (Å²) >= 11 is 0. The SMILES string of the molecule is Cc1ccc(C(=O)C(=O)NCCC2=CCCCC2)cc1. The fourth-order valence-corrected chi connectivity index (χ4v) is 2.38. The zero-order valence-electron chi connectivity index (χ0n) is 11.9. The van der Waals surface area contributed by atoms with Gasteiger partial charge >= 0.3 is 0 Å². The Morgan fingerprint density at radius 3 is 2.55 bits per heavy atom. The average molecular weight is 271 g/mol. The topological polar surface area (TPSA) is 46.2 Å². The maximum Gasteiger partial charge on any atom is 0.292 e. The molecule has 0 saturated heterocycles. The minimum absolute atomic E-state index is 0.449. The largest absolute Gasteiger partial charge is 0.349 e. The third kappa shape index (κ3) is 4.05. The second kappa shape index (κ2) is 7.04. The van der Waals surface area contributed by atoms with Crippen molar-refractivity contribution in [2.24, 2.45) is 0 Å². The summed E-state index contributed by atoms with van der Waals surface area (Å²) in [6.45, 7) is 2.49. The van der Waals surface area contributed by atoms with Gasteiger partial charge in [0.2, 0.25) is 5.78 Å².